The molecule has 0 aliphatic carbocycles. The maximum Gasteiger partial charge on any atom is 0.340 e. The van der Waals surface area contributed by atoms with E-state index in [0.29, 0.717) is 42.0 Å². The zero-order chi connectivity index (χ0) is 22.9. The minimum absolute atomic E-state index is 0.251. The van der Waals surface area contributed by atoms with Crippen LogP contribution in [-0.4, -0.2) is 35.6 Å². The average molecular weight is 437 g/mol. The van der Waals surface area contributed by atoms with E-state index in [4.69, 9.17) is 9.47 Å². The van der Waals surface area contributed by atoms with E-state index in [2.05, 4.69) is 20.6 Å². The maximum absolute atomic E-state index is 12.9. The van der Waals surface area contributed by atoms with Crippen LogP contribution in [0.3, 0.4) is 0 Å². The molecular weight excluding hydrogens is 408 g/mol. The van der Waals surface area contributed by atoms with Crippen molar-refractivity contribution in [3.63, 3.8) is 0 Å². The molecule has 8 nitrogen and oxygen atoms in total. The molecule has 32 heavy (non-hydrogen) atoms. The van der Waals surface area contributed by atoms with Gasteiger partial charge in [-0.05, 0) is 54.8 Å². The molecule has 0 unspecified atom stereocenters. The molecule has 0 radical (unpaired) electrons. The van der Waals surface area contributed by atoms with Crippen molar-refractivity contribution < 1.29 is 19.1 Å². The molecule has 1 aromatic carbocycles. The summed E-state index contributed by atoms with van der Waals surface area (Å²) in [7, 11) is 1.61. The molecule has 0 fully saturated rings. The number of ether oxygens (including phenoxy) is 2. The number of anilines is 1. The predicted octanol–water partition coefficient (Wildman–Crippen LogP) is 3.70. The minimum atomic E-state index is -0.446. The van der Waals surface area contributed by atoms with Gasteiger partial charge in [0.05, 0.1) is 25.8 Å². The molecule has 0 aliphatic rings. The van der Waals surface area contributed by atoms with E-state index in [1.807, 2.05) is 43.3 Å². The van der Waals surface area contributed by atoms with Gasteiger partial charge in [-0.2, -0.15) is 0 Å². The molecular formula is C24H28N4O4. The molecule has 0 bridgehead atoms. The van der Waals surface area contributed by atoms with E-state index < -0.39 is 5.97 Å². The van der Waals surface area contributed by atoms with Gasteiger partial charge in [0.1, 0.15) is 11.4 Å². The average Bonchev–Trinajstić information content (AvgIpc) is 3.21. The lowest BCUT2D eigenvalue weighted by Gasteiger charge is -2.09. The number of benzene rings is 1. The Bertz CT molecular complexity index is 1050. The van der Waals surface area contributed by atoms with Crippen molar-refractivity contribution in [1.29, 1.82) is 0 Å². The second kappa shape index (κ2) is 11.0. The van der Waals surface area contributed by atoms with Gasteiger partial charge in [-0.3, -0.25) is 9.78 Å². The van der Waals surface area contributed by atoms with Crippen LogP contribution in [0.15, 0.2) is 48.8 Å². The van der Waals surface area contributed by atoms with Gasteiger partial charge in [0.15, 0.2) is 0 Å². The van der Waals surface area contributed by atoms with Crippen LogP contribution in [0.5, 0.6) is 5.75 Å². The quantitative estimate of drug-likeness (QED) is 0.419. The highest BCUT2D eigenvalue weighted by Gasteiger charge is 2.26. The maximum atomic E-state index is 12.9. The van der Waals surface area contributed by atoms with Gasteiger partial charge in [0, 0.05) is 30.3 Å². The molecule has 0 saturated carbocycles. The van der Waals surface area contributed by atoms with Crippen LogP contribution in [0.25, 0.3) is 0 Å². The normalized spacial score (nSPS) is 10.5. The largest absolute Gasteiger partial charge is 0.497 e. The fraction of sp³-hybridized carbons (Fsp3) is 0.292. The number of hydrogen-bond donors (Lipinski definition) is 3. The van der Waals surface area contributed by atoms with Crippen LogP contribution in [0.1, 0.15) is 51.5 Å². The fourth-order valence-corrected chi connectivity index (χ4v) is 3.40. The Morgan fingerprint density at radius 3 is 2.50 bits per heavy atom. The van der Waals surface area contributed by atoms with E-state index in [1.165, 1.54) is 0 Å². The van der Waals surface area contributed by atoms with E-state index in [9.17, 15) is 9.59 Å². The molecule has 1 amide bonds. The van der Waals surface area contributed by atoms with E-state index in [1.54, 1.807) is 26.4 Å². The molecule has 0 atom stereocenters. The van der Waals surface area contributed by atoms with Gasteiger partial charge in [-0.1, -0.05) is 13.0 Å². The van der Waals surface area contributed by atoms with Crippen molar-refractivity contribution in [1.82, 2.24) is 15.3 Å². The minimum Gasteiger partial charge on any atom is -0.497 e. The van der Waals surface area contributed by atoms with Crippen molar-refractivity contribution in [3.8, 4) is 5.75 Å². The molecule has 168 valence electrons. The summed E-state index contributed by atoms with van der Waals surface area (Å²) in [5.41, 5.74) is 3.75. The van der Waals surface area contributed by atoms with Crippen molar-refractivity contribution in [3.05, 3.63) is 76.9 Å². The van der Waals surface area contributed by atoms with Gasteiger partial charge in [-0.15, -0.1) is 0 Å². The molecule has 3 rings (SSSR count). The molecule has 2 heterocycles. The SMILES string of the molecule is CCOC(=O)c1c(CNc2ccc(OC)cc2)[nH]c(C(=O)NCc2cccnc2)c1CC. The monoisotopic (exact) mass is 436 g/mol. The summed E-state index contributed by atoms with van der Waals surface area (Å²) in [6.07, 6.45) is 3.88. The number of pyridine rings is 1. The Balaban J connectivity index is 1.84. The summed E-state index contributed by atoms with van der Waals surface area (Å²) in [5, 5.41) is 6.17. The molecule has 8 heteroatoms. The summed E-state index contributed by atoms with van der Waals surface area (Å²) in [4.78, 5) is 32.9. The molecule has 0 aliphatic heterocycles. The zero-order valence-electron chi connectivity index (χ0n) is 18.5. The first-order valence-corrected chi connectivity index (χ1v) is 10.5. The van der Waals surface area contributed by atoms with Gasteiger partial charge in [0.2, 0.25) is 0 Å². The highest BCUT2D eigenvalue weighted by molar-refractivity contribution is 6.00. The predicted molar refractivity (Wildman–Crippen MR) is 122 cm³/mol. The lowest BCUT2D eigenvalue weighted by atomic mass is 10.1. The Morgan fingerprint density at radius 1 is 1.09 bits per heavy atom. The second-order valence-corrected chi connectivity index (χ2v) is 7.03. The Labute approximate surface area is 187 Å². The zero-order valence-corrected chi connectivity index (χ0v) is 18.5. The number of carbonyl (C=O) groups is 2. The van der Waals surface area contributed by atoms with Crippen molar-refractivity contribution in [2.75, 3.05) is 19.0 Å². The third-order valence-electron chi connectivity index (χ3n) is 4.98. The van der Waals surface area contributed by atoms with E-state index in [-0.39, 0.29) is 12.5 Å². The summed E-state index contributed by atoms with van der Waals surface area (Å²) in [5.74, 6) is 0.0221. The summed E-state index contributed by atoms with van der Waals surface area (Å²) < 4.78 is 10.5. The van der Waals surface area contributed by atoms with Gasteiger partial charge >= 0.3 is 5.97 Å². The van der Waals surface area contributed by atoms with Crippen molar-refractivity contribution >= 4 is 17.6 Å². The van der Waals surface area contributed by atoms with Crippen molar-refractivity contribution in [2.45, 2.75) is 33.4 Å². The summed E-state index contributed by atoms with van der Waals surface area (Å²) in [6, 6.07) is 11.2. The second-order valence-electron chi connectivity index (χ2n) is 7.03. The van der Waals surface area contributed by atoms with Crippen LogP contribution in [0.4, 0.5) is 5.69 Å². The number of H-pyrrole nitrogens is 1. The number of amides is 1. The molecule has 0 saturated heterocycles. The lowest BCUT2D eigenvalue weighted by Crippen LogP contribution is -2.24. The van der Waals surface area contributed by atoms with Gasteiger partial charge < -0.3 is 25.1 Å². The smallest absolute Gasteiger partial charge is 0.340 e. The highest BCUT2D eigenvalue weighted by Crippen LogP contribution is 2.23. The first-order chi connectivity index (χ1) is 15.6. The number of rotatable bonds is 10. The first-order valence-electron chi connectivity index (χ1n) is 10.5. The van der Waals surface area contributed by atoms with Crippen molar-refractivity contribution in [2.24, 2.45) is 0 Å². The Kier molecular flexibility index (Phi) is 7.85. The number of nitrogens with zero attached hydrogens (tertiary/aromatic N) is 1. The third-order valence-corrected chi connectivity index (χ3v) is 4.98. The number of methoxy groups -OCH3 is 1. The highest BCUT2D eigenvalue weighted by atomic mass is 16.5. The van der Waals surface area contributed by atoms with Crippen LogP contribution >= 0.6 is 0 Å². The fourth-order valence-electron chi connectivity index (χ4n) is 3.40. The number of esters is 1. The topological polar surface area (TPSA) is 105 Å². The third kappa shape index (κ3) is 5.46. The lowest BCUT2D eigenvalue weighted by molar-refractivity contribution is 0.0524. The first kappa shape index (κ1) is 22.9. The van der Waals surface area contributed by atoms with Crippen LogP contribution in [0, 0.1) is 0 Å². The summed E-state index contributed by atoms with van der Waals surface area (Å²) >= 11 is 0. The van der Waals surface area contributed by atoms with Crippen LogP contribution in [0.2, 0.25) is 0 Å². The Hall–Kier alpha value is -3.81. The number of aromatic amines is 1. The number of hydrogen-bond acceptors (Lipinski definition) is 6. The summed E-state index contributed by atoms with van der Waals surface area (Å²) in [6.45, 7) is 4.57. The molecule has 3 aromatic rings. The molecule has 0 spiro atoms. The van der Waals surface area contributed by atoms with Gasteiger partial charge in [0.25, 0.3) is 5.91 Å². The number of carbonyl (C=O) groups excluding carboxylic acids is 2. The number of nitrogens with one attached hydrogen (secondary N) is 3. The van der Waals surface area contributed by atoms with E-state index >= 15 is 0 Å². The number of aromatic nitrogens is 2. The van der Waals surface area contributed by atoms with Gasteiger partial charge in [-0.25, -0.2) is 4.79 Å². The Morgan fingerprint density at radius 2 is 1.88 bits per heavy atom. The molecule has 3 N–H and O–H groups in total. The van der Waals surface area contributed by atoms with Crippen LogP contribution in [-0.2, 0) is 24.2 Å². The standard InChI is InChI=1S/C24H28N4O4/c1-4-19-21(24(30)32-5-2)20(15-26-17-8-10-18(31-3)11-9-17)28-22(19)23(29)27-14-16-7-6-12-25-13-16/h6-13,26,28H,4-5,14-15H2,1-3H3,(H,27,29). The van der Waals surface area contributed by atoms with E-state index in [0.717, 1.165) is 17.0 Å². The van der Waals surface area contributed by atoms with Crippen LogP contribution < -0.4 is 15.4 Å². The molecule has 2 aromatic heterocycles.